The van der Waals surface area contributed by atoms with Crippen LogP contribution in [0.2, 0.25) is 5.15 Å². The predicted molar refractivity (Wildman–Crippen MR) is 120 cm³/mol. The van der Waals surface area contributed by atoms with Crippen LogP contribution < -0.4 is 5.32 Å². The first-order valence-electron chi connectivity index (χ1n) is 10.2. The molecule has 3 heterocycles. The van der Waals surface area contributed by atoms with Gasteiger partial charge in [-0.1, -0.05) is 29.8 Å². The SMILES string of the molecule is C[C@H](Nc1cc(Cl)nc2c1cnn2[C@@H]1O[C@H](COCP(=O)(O)O)[C@@H](O)[C@H]1O)c1ccccc1F. The number of nitrogens with one attached hydrogen (secondary N) is 1. The molecule has 14 heteroatoms. The molecule has 2 aromatic heterocycles. The summed E-state index contributed by atoms with van der Waals surface area (Å²) in [5.41, 5.74) is 1.21. The molecular weight excluding hydrogens is 494 g/mol. The third kappa shape index (κ3) is 5.24. The molecule has 1 aliphatic heterocycles. The second-order valence-electron chi connectivity index (χ2n) is 7.92. The number of halogens is 2. The van der Waals surface area contributed by atoms with Crippen LogP contribution in [-0.4, -0.2) is 66.0 Å². The summed E-state index contributed by atoms with van der Waals surface area (Å²) in [5, 5.41) is 28.9. The van der Waals surface area contributed by atoms with Gasteiger partial charge < -0.3 is 34.8 Å². The Morgan fingerprint density at radius 1 is 1.32 bits per heavy atom. The van der Waals surface area contributed by atoms with E-state index < -0.39 is 44.5 Å². The van der Waals surface area contributed by atoms with Crippen molar-refractivity contribution in [2.24, 2.45) is 0 Å². The number of hydrogen-bond donors (Lipinski definition) is 5. The van der Waals surface area contributed by atoms with Gasteiger partial charge in [-0.3, -0.25) is 4.57 Å². The molecule has 5 N–H and O–H groups in total. The molecule has 0 spiro atoms. The summed E-state index contributed by atoms with van der Waals surface area (Å²) in [6, 6.07) is 7.50. The Morgan fingerprint density at radius 2 is 2.06 bits per heavy atom. The van der Waals surface area contributed by atoms with Crippen LogP contribution in [0, 0.1) is 5.82 Å². The van der Waals surface area contributed by atoms with E-state index >= 15 is 0 Å². The molecule has 4 rings (SSSR count). The maximum atomic E-state index is 14.2. The molecule has 3 aromatic rings. The molecule has 0 unspecified atom stereocenters. The summed E-state index contributed by atoms with van der Waals surface area (Å²) < 4.78 is 37.0. The Kier molecular flexibility index (Phi) is 7.22. The Labute approximate surface area is 198 Å². The lowest BCUT2D eigenvalue weighted by Crippen LogP contribution is -2.34. The van der Waals surface area contributed by atoms with Gasteiger partial charge in [0.15, 0.2) is 11.9 Å². The summed E-state index contributed by atoms with van der Waals surface area (Å²) in [7, 11) is -4.40. The van der Waals surface area contributed by atoms with Gasteiger partial charge >= 0.3 is 7.60 Å². The van der Waals surface area contributed by atoms with Crippen LogP contribution in [0.5, 0.6) is 0 Å². The van der Waals surface area contributed by atoms with Crippen LogP contribution in [0.4, 0.5) is 10.1 Å². The number of hydrogen-bond acceptors (Lipinski definition) is 8. The zero-order valence-electron chi connectivity index (χ0n) is 17.8. The first kappa shape index (κ1) is 25.0. The molecular formula is C20H23ClFN4O7P. The monoisotopic (exact) mass is 516 g/mol. The fourth-order valence-corrected chi connectivity index (χ4v) is 4.32. The van der Waals surface area contributed by atoms with Gasteiger partial charge in [0.2, 0.25) is 0 Å². The first-order valence-corrected chi connectivity index (χ1v) is 12.4. The standard InChI is InChI=1S/C20H23ClFN4O7P/c1-10(11-4-2-3-5-13(11)22)24-14-6-16(21)25-19-12(14)7-23-26(19)20-18(28)17(27)15(33-20)8-32-9-34(29,30)31/h2-7,10,15,17-18,20,27-28H,8-9H2,1H3,(H,24,25)(H2,29,30,31)/t10-,15+,17+,18+,20+/m0/s1. The van der Waals surface area contributed by atoms with E-state index in [-0.39, 0.29) is 23.2 Å². The van der Waals surface area contributed by atoms with Crippen molar-refractivity contribution in [3.8, 4) is 0 Å². The van der Waals surface area contributed by atoms with Crippen molar-refractivity contribution in [2.75, 3.05) is 18.3 Å². The highest BCUT2D eigenvalue weighted by Gasteiger charge is 2.45. The van der Waals surface area contributed by atoms with Gasteiger partial charge in [0.25, 0.3) is 0 Å². The van der Waals surface area contributed by atoms with Crippen molar-refractivity contribution >= 4 is 35.9 Å². The van der Waals surface area contributed by atoms with Crippen molar-refractivity contribution < 1.29 is 38.4 Å². The van der Waals surface area contributed by atoms with Crippen LogP contribution in [0.15, 0.2) is 36.5 Å². The molecule has 1 aliphatic rings. The molecule has 1 aromatic carbocycles. The quantitative estimate of drug-likeness (QED) is 0.222. The molecule has 1 saturated heterocycles. The number of pyridine rings is 1. The van der Waals surface area contributed by atoms with Crippen LogP contribution >= 0.6 is 19.2 Å². The predicted octanol–water partition coefficient (Wildman–Crippen LogP) is 2.17. The highest BCUT2D eigenvalue weighted by Crippen LogP contribution is 2.37. The number of anilines is 1. The van der Waals surface area contributed by atoms with Gasteiger partial charge in [-0.25, -0.2) is 14.1 Å². The van der Waals surface area contributed by atoms with Crippen molar-refractivity contribution in [3.05, 3.63) is 53.1 Å². The van der Waals surface area contributed by atoms with E-state index in [4.69, 9.17) is 30.9 Å². The molecule has 0 saturated carbocycles. The number of aliphatic hydroxyl groups excluding tert-OH is 2. The van der Waals surface area contributed by atoms with Gasteiger partial charge in [0.1, 0.15) is 35.6 Å². The van der Waals surface area contributed by atoms with Gasteiger partial charge in [-0.2, -0.15) is 5.10 Å². The Balaban J connectivity index is 1.58. The number of nitrogens with zero attached hydrogens (tertiary/aromatic N) is 3. The fraction of sp³-hybridized carbons (Fsp3) is 0.400. The topological polar surface area (TPSA) is 159 Å². The van der Waals surface area contributed by atoms with Gasteiger partial charge in [-0.05, 0) is 19.1 Å². The minimum Gasteiger partial charge on any atom is -0.387 e. The maximum absolute atomic E-state index is 14.2. The van der Waals surface area contributed by atoms with E-state index in [1.165, 1.54) is 16.9 Å². The van der Waals surface area contributed by atoms with E-state index in [1.807, 2.05) is 0 Å². The molecule has 34 heavy (non-hydrogen) atoms. The molecule has 184 valence electrons. The highest BCUT2D eigenvalue weighted by atomic mass is 35.5. The van der Waals surface area contributed by atoms with Crippen LogP contribution in [0.25, 0.3) is 11.0 Å². The average molecular weight is 517 g/mol. The number of fused-ring (bicyclic) bond motifs is 1. The van der Waals surface area contributed by atoms with Crippen LogP contribution in [0.3, 0.4) is 0 Å². The van der Waals surface area contributed by atoms with E-state index in [9.17, 15) is 19.2 Å². The third-order valence-electron chi connectivity index (χ3n) is 5.40. The largest absolute Gasteiger partial charge is 0.387 e. The molecule has 0 aliphatic carbocycles. The smallest absolute Gasteiger partial charge is 0.350 e. The van der Waals surface area contributed by atoms with Crippen molar-refractivity contribution in [1.82, 2.24) is 14.8 Å². The Bertz CT molecular complexity index is 1220. The molecule has 5 atom stereocenters. The minimum atomic E-state index is -4.40. The molecule has 0 radical (unpaired) electrons. The second kappa shape index (κ2) is 9.84. The first-order chi connectivity index (χ1) is 16.0. The van der Waals surface area contributed by atoms with Crippen LogP contribution in [-0.2, 0) is 14.0 Å². The number of rotatable bonds is 8. The van der Waals surface area contributed by atoms with Gasteiger partial charge in [-0.15, -0.1) is 0 Å². The zero-order valence-corrected chi connectivity index (χ0v) is 19.5. The summed E-state index contributed by atoms with van der Waals surface area (Å²) in [5.74, 6) is -0.363. The summed E-state index contributed by atoms with van der Waals surface area (Å²) in [6.07, 6.45) is -4.45. The van der Waals surface area contributed by atoms with Crippen LogP contribution in [0.1, 0.15) is 24.8 Å². The highest BCUT2D eigenvalue weighted by molar-refractivity contribution is 7.51. The summed E-state index contributed by atoms with van der Waals surface area (Å²) in [6.45, 7) is 1.42. The molecule has 1 fully saturated rings. The van der Waals surface area contributed by atoms with E-state index in [1.54, 1.807) is 31.2 Å². The van der Waals surface area contributed by atoms with Gasteiger partial charge in [0.05, 0.1) is 29.9 Å². The molecule has 0 amide bonds. The summed E-state index contributed by atoms with van der Waals surface area (Å²) >= 11 is 6.21. The maximum Gasteiger partial charge on any atom is 0.350 e. The fourth-order valence-electron chi connectivity index (χ4n) is 3.79. The number of benzene rings is 1. The lowest BCUT2D eigenvalue weighted by molar-refractivity contribution is -0.0658. The summed E-state index contributed by atoms with van der Waals surface area (Å²) in [4.78, 5) is 22.1. The average Bonchev–Trinajstić information content (AvgIpc) is 3.29. The van der Waals surface area contributed by atoms with Crippen molar-refractivity contribution in [1.29, 1.82) is 0 Å². The second-order valence-corrected chi connectivity index (χ2v) is 9.89. The van der Waals surface area contributed by atoms with E-state index in [2.05, 4.69) is 15.4 Å². The van der Waals surface area contributed by atoms with E-state index in [0.717, 1.165) is 0 Å². The lowest BCUT2D eigenvalue weighted by Gasteiger charge is -2.18. The molecule has 11 nitrogen and oxygen atoms in total. The van der Waals surface area contributed by atoms with Gasteiger partial charge in [0, 0.05) is 5.56 Å². The Morgan fingerprint density at radius 3 is 2.76 bits per heavy atom. The lowest BCUT2D eigenvalue weighted by atomic mass is 10.1. The van der Waals surface area contributed by atoms with E-state index in [0.29, 0.717) is 16.6 Å². The zero-order chi connectivity index (χ0) is 24.6. The Hall–Kier alpha value is -2.15. The van der Waals surface area contributed by atoms with Crippen molar-refractivity contribution in [2.45, 2.75) is 37.5 Å². The van der Waals surface area contributed by atoms with Crippen molar-refractivity contribution in [3.63, 3.8) is 0 Å². The minimum absolute atomic E-state index is 0.104. The number of aromatic nitrogens is 3. The third-order valence-corrected chi connectivity index (χ3v) is 6.11. The number of ether oxygens (including phenoxy) is 2. The number of aliphatic hydroxyl groups is 2. The normalized spacial score (nSPS) is 24.0. The molecule has 0 bridgehead atoms.